The first kappa shape index (κ1) is 12.6. The molecule has 0 aromatic carbocycles. The Kier molecular flexibility index (Phi) is 3.60. The van der Waals surface area contributed by atoms with E-state index in [9.17, 15) is 0 Å². The van der Waals surface area contributed by atoms with Gasteiger partial charge in [0.15, 0.2) is 0 Å². The van der Waals surface area contributed by atoms with Crippen molar-refractivity contribution in [2.45, 2.75) is 19.5 Å². The van der Waals surface area contributed by atoms with E-state index in [0.29, 0.717) is 6.54 Å². The van der Waals surface area contributed by atoms with E-state index in [4.69, 9.17) is 4.42 Å². The van der Waals surface area contributed by atoms with Crippen LogP contribution in [0.3, 0.4) is 0 Å². The first-order chi connectivity index (χ1) is 9.84. The summed E-state index contributed by atoms with van der Waals surface area (Å²) in [6, 6.07) is 7.95. The Morgan fingerprint density at radius 2 is 2.25 bits per heavy atom. The van der Waals surface area contributed by atoms with Gasteiger partial charge in [0.1, 0.15) is 5.76 Å². The van der Waals surface area contributed by atoms with Crippen molar-refractivity contribution in [1.29, 1.82) is 0 Å². The van der Waals surface area contributed by atoms with E-state index in [1.165, 1.54) is 0 Å². The molecule has 102 valence electrons. The summed E-state index contributed by atoms with van der Waals surface area (Å²) >= 11 is 0. The van der Waals surface area contributed by atoms with Crippen LogP contribution >= 0.6 is 0 Å². The van der Waals surface area contributed by atoms with Crippen LogP contribution in [-0.2, 0) is 6.54 Å². The Hall–Kier alpha value is -2.40. The van der Waals surface area contributed by atoms with Gasteiger partial charge in [0.25, 0.3) is 0 Å². The molecule has 5 heteroatoms. The maximum absolute atomic E-state index is 5.38. The summed E-state index contributed by atoms with van der Waals surface area (Å²) in [6.45, 7) is 2.78. The fraction of sp³-hybridized carbons (Fsp3) is 0.200. The molecule has 0 amide bonds. The fourth-order valence-electron chi connectivity index (χ4n) is 2.11. The Balaban J connectivity index is 1.72. The highest BCUT2D eigenvalue weighted by Gasteiger charge is 2.11. The van der Waals surface area contributed by atoms with Crippen molar-refractivity contribution >= 4 is 0 Å². The molecule has 0 fully saturated rings. The van der Waals surface area contributed by atoms with E-state index in [0.717, 1.165) is 22.6 Å². The maximum atomic E-state index is 5.38. The fourth-order valence-corrected chi connectivity index (χ4v) is 2.11. The van der Waals surface area contributed by atoms with Crippen LogP contribution in [0.15, 0.2) is 53.5 Å². The van der Waals surface area contributed by atoms with E-state index in [1.54, 1.807) is 12.5 Å². The van der Waals surface area contributed by atoms with Crippen molar-refractivity contribution in [3.05, 3.63) is 60.4 Å². The normalized spacial score (nSPS) is 12.4. The van der Waals surface area contributed by atoms with Gasteiger partial charge >= 0.3 is 0 Å². The summed E-state index contributed by atoms with van der Waals surface area (Å²) in [6.07, 6.45) is 7.11. The van der Waals surface area contributed by atoms with E-state index in [1.807, 2.05) is 36.7 Å². The van der Waals surface area contributed by atoms with E-state index in [2.05, 4.69) is 27.4 Å². The van der Waals surface area contributed by atoms with Gasteiger partial charge in [0, 0.05) is 30.1 Å². The van der Waals surface area contributed by atoms with Gasteiger partial charge in [-0.05, 0) is 31.2 Å². The highest BCUT2D eigenvalue weighted by atomic mass is 16.3. The molecular formula is C15H16N4O. The largest absolute Gasteiger partial charge is 0.468 e. The monoisotopic (exact) mass is 268 g/mol. The van der Waals surface area contributed by atoms with Gasteiger partial charge in [0.05, 0.1) is 24.2 Å². The third-order valence-electron chi connectivity index (χ3n) is 3.24. The second-order valence-corrected chi connectivity index (χ2v) is 4.63. The lowest BCUT2D eigenvalue weighted by Gasteiger charge is -2.11. The molecule has 5 nitrogen and oxygen atoms in total. The molecule has 0 spiro atoms. The second-order valence-electron chi connectivity index (χ2n) is 4.63. The van der Waals surface area contributed by atoms with E-state index in [-0.39, 0.29) is 6.04 Å². The quantitative estimate of drug-likeness (QED) is 0.746. The van der Waals surface area contributed by atoms with Gasteiger partial charge in [-0.15, -0.1) is 0 Å². The minimum Gasteiger partial charge on any atom is -0.468 e. The van der Waals surface area contributed by atoms with Gasteiger partial charge < -0.3 is 9.73 Å². The van der Waals surface area contributed by atoms with Crippen molar-refractivity contribution in [2.75, 3.05) is 0 Å². The molecule has 3 aromatic rings. The SMILES string of the molecule is CC(NCc1cn[nH]c1-c1cccnc1)c1ccco1. The zero-order valence-corrected chi connectivity index (χ0v) is 11.2. The van der Waals surface area contributed by atoms with Gasteiger partial charge in [-0.2, -0.15) is 5.10 Å². The lowest BCUT2D eigenvalue weighted by atomic mass is 10.1. The van der Waals surface area contributed by atoms with Crippen molar-refractivity contribution < 1.29 is 4.42 Å². The molecule has 1 unspecified atom stereocenters. The lowest BCUT2D eigenvalue weighted by molar-refractivity contribution is 0.430. The highest BCUT2D eigenvalue weighted by molar-refractivity contribution is 5.61. The molecule has 0 radical (unpaired) electrons. The van der Waals surface area contributed by atoms with Crippen molar-refractivity contribution in [3.8, 4) is 11.3 Å². The van der Waals surface area contributed by atoms with Crippen LogP contribution in [0.2, 0.25) is 0 Å². The highest BCUT2D eigenvalue weighted by Crippen LogP contribution is 2.21. The van der Waals surface area contributed by atoms with Crippen LogP contribution in [-0.4, -0.2) is 15.2 Å². The first-order valence-corrected chi connectivity index (χ1v) is 6.54. The molecular weight excluding hydrogens is 252 g/mol. The van der Waals surface area contributed by atoms with Crippen LogP contribution in [0.1, 0.15) is 24.3 Å². The molecule has 1 atom stereocenters. The molecule has 3 aromatic heterocycles. The zero-order chi connectivity index (χ0) is 13.8. The Labute approximate surface area is 117 Å². The third-order valence-corrected chi connectivity index (χ3v) is 3.24. The molecule has 2 N–H and O–H groups in total. The third kappa shape index (κ3) is 2.62. The first-order valence-electron chi connectivity index (χ1n) is 6.54. The summed E-state index contributed by atoms with van der Waals surface area (Å²) in [5, 5.41) is 10.6. The second kappa shape index (κ2) is 5.71. The summed E-state index contributed by atoms with van der Waals surface area (Å²) in [7, 11) is 0. The van der Waals surface area contributed by atoms with E-state index >= 15 is 0 Å². The van der Waals surface area contributed by atoms with Crippen LogP contribution in [0.25, 0.3) is 11.3 Å². The van der Waals surface area contributed by atoms with Crippen molar-refractivity contribution in [1.82, 2.24) is 20.5 Å². The molecule has 20 heavy (non-hydrogen) atoms. The number of rotatable bonds is 5. The van der Waals surface area contributed by atoms with Crippen LogP contribution < -0.4 is 5.32 Å². The number of nitrogens with one attached hydrogen (secondary N) is 2. The summed E-state index contributed by atoms with van der Waals surface area (Å²) in [5.41, 5.74) is 3.14. The van der Waals surface area contributed by atoms with Gasteiger partial charge in [-0.1, -0.05) is 0 Å². The molecule has 0 saturated carbocycles. The van der Waals surface area contributed by atoms with Gasteiger partial charge in [-0.3, -0.25) is 10.1 Å². The molecule has 0 aliphatic carbocycles. The van der Waals surface area contributed by atoms with Gasteiger partial charge in [-0.25, -0.2) is 0 Å². The van der Waals surface area contributed by atoms with E-state index < -0.39 is 0 Å². The number of furan rings is 1. The molecule has 0 bridgehead atoms. The van der Waals surface area contributed by atoms with Gasteiger partial charge in [0.2, 0.25) is 0 Å². The smallest absolute Gasteiger partial charge is 0.120 e. The lowest BCUT2D eigenvalue weighted by Crippen LogP contribution is -2.17. The number of H-pyrrole nitrogens is 1. The minimum atomic E-state index is 0.154. The molecule has 0 saturated heterocycles. The molecule has 0 aliphatic rings. The van der Waals surface area contributed by atoms with Crippen LogP contribution in [0.5, 0.6) is 0 Å². The Bertz CT molecular complexity index is 646. The molecule has 0 aliphatic heterocycles. The minimum absolute atomic E-state index is 0.154. The Morgan fingerprint density at radius 3 is 3.00 bits per heavy atom. The Morgan fingerprint density at radius 1 is 1.30 bits per heavy atom. The molecule has 3 heterocycles. The topological polar surface area (TPSA) is 66.7 Å². The van der Waals surface area contributed by atoms with Crippen LogP contribution in [0, 0.1) is 0 Å². The standard InChI is InChI=1S/C15H16N4O/c1-11(14-5-3-7-20-14)17-9-13-10-18-19-15(13)12-4-2-6-16-8-12/h2-8,10-11,17H,9H2,1H3,(H,18,19). The van der Waals surface area contributed by atoms with Crippen molar-refractivity contribution in [3.63, 3.8) is 0 Å². The summed E-state index contributed by atoms with van der Waals surface area (Å²) in [4.78, 5) is 4.13. The van der Waals surface area contributed by atoms with Crippen LogP contribution in [0.4, 0.5) is 0 Å². The zero-order valence-electron chi connectivity index (χ0n) is 11.2. The molecule has 3 rings (SSSR count). The number of aromatic nitrogens is 3. The average molecular weight is 268 g/mol. The number of hydrogen-bond acceptors (Lipinski definition) is 4. The van der Waals surface area contributed by atoms with Crippen molar-refractivity contribution in [2.24, 2.45) is 0 Å². The predicted molar refractivity (Wildman–Crippen MR) is 75.8 cm³/mol. The maximum Gasteiger partial charge on any atom is 0.120 e. The number of pyridine rings is 1. The number of nitrogens with zero attached hydrogens (tertiary/aromatic N) is 2. The average Bonchev–Trinajstić information content (AvgIpc) is 3.17. The summed E-state index contributed by atoms with van der Waals surface area (Å²) in [5.74, 6) is 0.927. The predicted octanol–water partition coefficient (Wildman–Crippen LogP) is 2.92. The number of hydrogen-bond donors (Lipinski definition) is 2. The summed E-state index contributed by atoms with van der Waals surface area (Å²) < 4.78 is 5.38. The number of aromatic amines is 1.